The lowest BCUT2D eigenvalue weighted by molar-refractivity contribution is 0.213. The lowest BCUT2D eigenvalue weighted by Crippen LogP contribution is -2.43. The van der Waals surface area contributed by atoms with Crippen molar-refractivity contribution in [3.8, 4) is 5.75 Å². The molecule has 0 atom stereocenters. The van der Waals surface area contributed by atoms with E-state index in [9.17, 15) is 0 Å². The molecule has 1 aliphatic heterocycles. The Morgan fingerprint density at radius 1 is 1.22 bits per heavy atom. The molecule has 0 saturated carbocycles. The molecule has 18 heavy (non-hydrogen) atoms. The predicted molar refractivity (Wildman–Crippen MR) is 75.3 cm³/mol. The molecule has 1 N–H and O–H groups in total. The average molecular weight is 248 g/mol. The number of ether oxygens (including phenoxy) is 1. The molecule has 0 aliphatic carbocycles. The number of benzene rings is 1. The number of aryl methyl sites for hydroxylation is 1. The quantitative estimate of drug-likeness (QED) is 0.806. The Kier molecular flexibility index (Phi) is 5.02. The summed E-state index contributed by atoms with van der Waals surface area (Å²) in [6, 6.07) is 6.25. The number of hydrogen-bond acceptors (Lipinski definition) is 3. The van der Waals surface area contributed by atoms with Crippen LogP contribution in [-0.4, -0.2) is 44.2 Å². The van der Waals surface area contributed by atoms with Gasteiger partial charge in [-0.25, -0.2) is 0 Å². The third-order valence-electron chi connectivity index (χ3n) is 3.64. The Hall–Kier alpha value is -1.06. The van der Waals surface area contributed by atoms with Gasteiger partial charge in [-0.15, -0.1) is 0 Å². The molecule has 1 heterocycles. The van der Waals surface area contributed by atoms with Crippen molar-refractivity contribution in [1.82, 2.24) is 10.2 Å². The van der Waals surface area contributed by atoms with Crippen LogP contribution in [0.25, 0.3) is 0 Å². The molecule has 1 aromatic rings. The summed E-state index contributed by atoms with van der Waals surface area (Å²) in [5, 5.41) is 3.37. The maximum absolute atomic E-state index is 5.87. The number of piperazine rings is 1. The summed E-state index contributed by atoms with van der Waals surface area (Å²) in [4.78, 5) is 2.50. The highest BCUT2D eigenvalue weighted by atomic mass is 16.5. The summed E-state index contributed by atoms with van der Waals surface area (Å²) < 4.78 is 5.87. The van der Waals surface area contributed by atoms with Gasteiger partial charge < -0.3 is 15.0 Å². The van der Waals surface area contributed by atoms with Crippen molar-refractivity contribution in [2.45, 2.75) is 20.3 Å². The molecule has 0 bridgehead atoms. The van der Waals surface area contributed by atoms with Gasteiger partial charge in [-0.3, -0.25) is 0 Å². The van der Waals surface area contributed by atoms with E-state index in [-0.39, 0.29) is 0 Å². The smallest absolute Gasteiger partial charge is 0.122 e. The predicted octanol–water partition coefficient (Wildman–Crippen LogP) is 1.98. The highest BCUT2D eigenvalue weighted by Crippen LogP contribution is 2.20. The molecule has 1 aromatic carbocycles. The van der Waals surface area contributed by atoms with E-state index in [1.54, 1.807) is 0 Å². The number of nitrogens with one attached hydrogen (secondary N) is 1. The molecule has 1 aliphatic rings. The van der Waals surface area contributed by atoms with Gasteiger partial charge >= 0.3 is 0 Å². The van der Waals surface area contributed by atoms with E-state index in [0.29, 0.717) is 0 Å². The summed E-state index contributed by atoms with van der Waals surface area (Å²) in [5.74, 6) is 1.04. The Morgan fingerprint density at radius 2 is 2.00 bits per heavy atom. The summed E-state index contributed by atoms with van der Waals surface area (Å²) in [6.45, 7) is 10.8. The minimum Gasteiger partial charge on any atom is -0.493 e. The van der Waals surface area contributed by atoms with Crippen molar-refractivity contribution in [2.75, 3.05) is 39.3 Å². The summed E-state index contributed by atoms with van der Waals surface area (Å²) in [5.41, 5.74) is 2.56. The normalized spacial score (nSPS) is 16.8. The van der Waals surface area contributed by atoms with Crippen LogP contribution in [-0.2, 0) is 0 Å². The van der Waals surface area contributed by atoms with Gasteiger partial charge in [-0.2, -0.15) is 0 Å². The van der Waals surface area contributed by atoms with Crippen LogP contribution in [0.3, 0.4) is 0 Å². The van der Waals surface area contributed by atoms with Crippen LogP contribution >= 0.6 is 0 Å². The molecular formula is C15H24N2O. The minimum absolute atomic E-state index is 0.814. The second kappa shape index (κ2) is 6.76. The first-order valence-corrected chi connectivity index (χ1v) is 6.89. The Bertz CT molecular complexity index is 373. The van der Waals surface area contributed by atoms with Crippen LogP contribution in [0.1, 0.15) is 17.5 Å². The maximum atomic E-state index is 5.87. The average Bonchev–Trinajstić information content (AvgIpc) is 2.40. The number of rotatable bonds is 5. The highest BCUT2D eigenvalue weighted by molar-refractivity contribution is 5.38. The van der Waals surface area contributed by atoms with Crippen LogP contribution in [0.4, 0.5) is 0 Å². The molecule has 0 unspecified atom stereocenters. The van der Waals surface area contributed by atoms with Gasteiger partial charge in [0.25, 0.3) is 0 Å². The lowest BCUT2D eigenvalue weighted by Gasteiger charge is -2.27. The maximum Gasteiger partial charge on any atom is 0.122 e. The van der Waals surface area contributed by atoms with Gasteiger partial charge in [0.2, 0.25) is 0 Å². The molecule has 0 amide bonds. The van der Waals surface area contributed by atoms with E-state index in [1.165, 1.54) is 24.2 Å². The first kappa shape index (κ1) is 13.4. The van der Waals surface area contributed by atoms with Crippen molar-refractivity contribution < 1.29 is 4.74 Å². The fraction of sp³-hybridized carbons (Fsp3) is 0.600. The van der Waals surface area contributed by atoms with Gasteiger partial charge in [-0.05, 0) is 37.5 Å². The third-order valence-corrected chi connectivity index (χ3v) is 3.64. The molecule has 0 radical (unpaired) electrons. The molecule has 0 aromatic heterocycles. The van der Waals surface area contributed by atoms with E-state index < -0.39 is 0 Å². The van der Waals surface area contributed by atoms with Gasteiger partial charge in [0.05, 0.1) is 6.61 Å². The molecule has 3 nitrogen and oxygen atoms in total. The molecule has 3 heteroatoms. The van der Waals surface area contributed by atoms with Gasteiger partial charge in [0.15, 0.2) is 0 Å². The number of nitrogens with zero attached hydrogens (tertiary/aromatic N) is 1. The second-order valence-corrected chi connectivity index (χ2v) is 4.99. The van der Waals surface area contributed by atoms with Crippen molar-refractivity contribution in [3.63, 3.8) is 0 Å². The zero-order valence-corrected chi connectivity index (χ0v) is 11.5. The Labute approximate surface area is 110 Å². The number of hydrogen-bond donors (Lipinski definition) is 1. The SMILES string of the molecule is Cc1cccc(OCCCN2CCNCC2)c1C. The van der Waals surface area contributed by atoms with Crippen LogP contribution < -0.4 is 10.1 Å². The molecule has 1 fully saturated rings. The van der Waals surface area contributed by atoms with E-state index in [2.05, 4.69) is 42.3 Å². The topological polar surface area (TPSA) is 24.5 Å². The third kappa shape index (κ3) is 3.72. The molecular weight excluding hydrogens is 224 g/mol. The summed E-state index contributed by atoms with van der Waals surface area (Å²) >= 11 is 0. The fourth-order valence-electron chi connectivity index (χ4n) is 2.29. The van der Waals surface area contributed by atoms with Crippen LogP contribution in [0.15, 0.2) is 18.2 Å². The van der Waals surface area contributed by atoms with Crippen molar-refractivity contribution in [3.05, 3.63) is 29.3 Å². The highest BCUT2D eigenvalue weighted by Gasteiger charge is 2.08. The van der Waals surface area contributed by atoms with Crippen LogP contribution in [0.5, 0.6) is 5.75 Å². The van der Waals surface area contributed by atoms with E-state index in [0.717, 1.165) is 38.4 Å². The molecule has 100 valence electrons. The van der Waals surface area contributed by atoms with Gasteiger partial charge in [0, 0.05) is 32.7 Å². The van der Waals surface area contributed by atoms with E-state index in [4.69, 9.17) is 4.74 Å². The Morgan fingerprint density at radius 3 is 2.78 bits per heavy atom. The molecule has 2 rings (SSSR count). The standard InChI is InChI=1S/C15H24N2O/c1-13-5-3-6-15(14(13)2)18-12-4-9-17-10-7-16-8-11-17/h3,5-6,16H,4,7-12H2,1-2H3. The zero-order chi connectivity index (χ0) is 12.8. The first-order valence-electron chi connectivity index (χ1n) is 6.89. The Balaban J connectivity index is 1.70. The van der Waals surface area contributed by atoms with Gasteiger partial charge in [0.1, 0.15) is 5.75 Å². The zero-order valence-electron chi connectivity index (χ0n) is 11.5. The molecule has 0 spiro atoms. The largest absolute Gasteiger partial charge is 0.493 e. The van der Waals surface area contributed by atoms with Crippen LogP contribution in [0.2, 0.25) is 0 Å². The monoisotopic (exact) mass is 248 g/mol. The fourth-order valence-corrected chi connectivity index (χ4v) is 2.29. The van der Waals surface area contributed by atoms with Crippen LogP contribution in [0, 0.1) is 13.8 Å². The van der Waals surface area contributed by atoms with Crippen molar-refractivity contribution in [1.29, 1.82) is 0 Å². The second-order valence-electron chi connectivity index (χ2n) is 4.99. The summed E-state index contributed by atoms with van der Waals surface area (Å²) in [7, 11) is 0. The van der Waals surface area contributed by atoms with E-state index in [1.807, 2.05) is 0 Å². The van der Waals surface area contributed by atoms with Crippen molar-refractivity contribution in [2.24, 2.45) is 0 Å². The van der Waals surface area contributed by atoms with E-state index >= 15 is 0 Å². The van der Waals surface area contributed by atoms with Crippen molar-refractivity contribution >= 4 is 0 Å². The minimum atomic E-state index is 0.814. The molecule has 1 saturated heterocycles. The lowest BCUT2D eigenvalue weighted by atomic mass is 10.1. The first-order chi connectivity index (χ1) is 8.77. The van der Waals surface area contributed by atoms with Gasteiger partial charge in [-0.1, -0.05) is 12.1 Å². The summed E-state index contributed by atoms with van der Waals surface area (Å²) in [6.07, 6.45) is 1.10.